The maximum Gasteiger partial charge on any atom is 0.251 e. The molecule has 0 radical (unpaired) electrons. The second kappa shape index (κ2) is 6.97. The number of ether oxygens (including phenoxy) is 1. The van der Waals surface area contributed by atoms with E-state index in [0.29, 0.717) is 12.2 Å². The van der Waals surface area contributed by atoms with Gasteiger partial charge in [-0.2, -0.15) is 0 Å². The van der Waals surface area contributed by atoms with Crippen LogP contribution < -0.4 is 15.8 Å². The van der Waals surface area contributed by atoms with Crippen molar-refractivity contribution in [3.8, 4) is 5.75 Å². The summed E-state index contributed by atoms with van der Waals surface area (Å²) in [5.41, 5.74) is 6.24. The minimum Gasteiger partial charge on any atom is -0.494 e. The number of nitrogens with two attached hydrogens (primary N) is 1. The third kappa shape index (κ3) is 3.65. The van der Waals surface area contributed by atoms with E-state index in [1.54, 1.807) is 24.3 Å². The van der Waals surface area contributed by atoms with Gasteiger partial charge in [-0.1, -0.05) is 11.6 Å². The van der Waals surface area contributed by atoms with Crippen LogP contribution in [0, 0.1) is 5.92 Å². The van der Waals surface area contributed by atoms with Crippen LogP contribution in [-0.2, 0) is 0 Å². The molecule has 0 spiro atoms. The summed E-state index contributed by atoms with van der Waals surface area (Å²) >= 11 is 0. The zero-order chi connectivity index (χ0) is 15.2. The summed E-state index contributed by atoms with van der Waals surface area (Å²) in [6.07, 6.45) is 2.61. The van der Waals surface area contributed by atoms with E-state index in [1.807, 2.05) is 6.92 Å². The summed E-state index contributed by atoms with van der Waals surface area (Å²) in [5, 5.41) is 14.8. The molecular weight excluding hydrogens is 270 g/mol. The minimum absolute atomic E-state index is 0.0834. The Bertz CT molecular complexity index is 513. The summed E-state index contributed by atoms with van der Waals surface area (Å²) in [7, 11) is 0. The standard InChI is InChI=1S/C15H21N3O3/c1-2-21-11-8-6-10(7-9-11)15(19)17-13-5-3-4-12(13)14(16)18-20/h6-9,12-13,20H,2-5H2,1H3,(H2,16,18)(H,17,19). The van der Waals surface area contributed by atoms with E-state index in [0.717, 1.165) is 25.0 Å². The highest BCUT2D eigenvalue weighted by Crippen LogP contribution is 2.26. The van der Waals surface area contributed by atoms with Gasteiger partial charge in [0.25, 0.3) is 5.91 Å². The first-order valence-corrected chi connectivity index (χ1v) is 7.16. The predicted octanol–water partition coefficient (Wildman–Crippen LogP) is 1.73. The van der Waals surface area contributed by atoms with Gasteiger partial charge in [0.05, 0.1) is 6.61 Å². The molecule has 2 rings (SSSR count). The number of carbonyl (C=O) groups excluding carboxylic acids is 1. The summed E-state index contributed by atoms with van der Waals surface area (Å²) in [5.74, 6) is 0.677. The van der Waals surface area contributed by atoms with E-state index in [2.05, 4.69) is 10.5 Å². The topological polar surface area (TPSA) is 96.9 Å². The van der Waals surface area contributed by atoms with Crippen molar-refractivity contribution in [3.63, 3.8) is 0 Å². The Balaban J connectivity index is 2.00. The van der Waals surface area contributed by atoms with Crippen molar-refractivity contribution in [1.82, 2.24) is 5.32 Å². The second-order valence-corrected chi connectivity index (χ2v) is 5.10. The number of benzene rings is 1. The molecule has 114 valence electrons. The second-order valence-electron chi connectivity index (χ2n) is 5.10. The molecule has 21 heavy (non-hydrogen) atoms. The van der Waals surface area contributed by atoms with E-state index in [-0.39, 0.29) is 23.7 Å². The Labute approximate surface area is 124 Å². The highest BCUT2D eigenvalue weighted by molar-refractivity contribution is 5.95. The first kappa shape index (κ1) is 15.2. The van der Waals surface area contributed by atoms with Crippen molar-refractivity contribution < 1.29 is 14.7 Å². The van der Waals surface area contributed by atoms with Crippen LogP contribution in [0.1, 0.15) is 36.5 Å². The van der Waals surface area contributed by atoms with Crippen molar-refractivity contribution in [2.45, 2.75) is 32.2 Å². The molecule has 1 fully saturated rings. The first-order valence-electron chi connectivity index (χ1n) is 7.16. The fourth-order valence-electron chi connectivity index (χ4n) is 2.68. The zero-order valence-electron chi connectivity index (χ0n) is 12.1. The van der Waals surface area contributed by atoms with Gasteiger partial charge in [0, 0.05) is 17.5 Å². The molecule has 0 saturated heterocycles. The van der Waals surface area contributed by atoms with E-state index in [1.165, 1.54) is 0 Å². The summed E-state index contributed by atoms with van der Waals surface area (Å²) in [6, 6.07) is 6.92. The minimum atomic E-state index is -0.152. The van der Waals surface area contributed by atoms with Crippen LogP contribution in [0.15, 0.2) is 29.4 Å². The van der Waals surface area contributed by atoms with E-state index >= 15 is 0 Å². The van der Waals surface area contributed by atoms with Gasteiger partial charge in [-0.3, -0.25) is 4.79 Å². The smallest absolute Gasteiger partial charge is 0.251 e. The fraction of sp³-hybridized carbons (Fsp3) is 0.467. The lowest BCUT2D eigenvalue weighted by molar-refractivity contribution is 0.0933. The number of hydrogen-bond acceptors (Lipinski definition) is 4. The summed E-state index contributed by atoms with van der Waals surface area (Å²) in [4.78, 5) is 12.2. The van der Waals surface area contributed by atoms with Gasteiger partial charge in [-0.15, -0.1) is 0 Å². The summed E-state index contributed by atoms with van der Waals surface area (Å²) in [6.45, 7) is 2.50. The number of amidine groups is 1. The molecule has 6 nitrogen and oxygen atoms in total. The largest absolute Gasteiger partial charge is 0.494 e. The van der Waals surface area contributed by atoms with Crippen molar-refractivity contribution in [1.29, 1.82) is 0 Å². The predicted molar refractivity (Wildman–Crippen MR) is 79.6 cm³/mol. The number of nitrogens with one attached hydrogen (secondary N) is 1. The lowest BCUT2D eigenvalue weighted by atomic mass is 10.0. The third-order valence-corrected chi connectivity index (χ3v) is 3.76. The molecule has 1 aromatic carbocycles. The Morgan fingerprint density at radius 2 is 2.14 bits per heavy atom. The first-order chi connectivity index (χ1) is 10.2. The van der Waals surface area contributed by atoms with Gasteiger partial charge in [-0.05, 0) is 44.0 Å². The molecule has 0 heterocycles. The lowest BCUT2D eigenvalue weighted by Crippen LogP contribution is -2.42. The van der Waals surface area contributed by atoms with Crippen molar-refractivity contribution in [3.05, 3.63) is 29.8 Å². The molecule has 4 N–H and O–H groups in total. The fourth-order valence-corrected chi connectivity index (χ4v) is 2.68. The molecule has 1 aliphatic rings. The molecule has 1 saturated carbocycles. The average molecular weight is 291 g/mol. The van der Waals surface area contributed by atoms with Gasteiger partial charge >= 0.3 is 0 Å². The van der Waals surface area contributed by atoms with Crippen molar-refractivity contribution >= 4 is 11.7 Å². The van der Waals surface area contributed by atoms with Gasteiger partial charge in [0.2, 0.25) is 0 Å². The maximum absolute atomic E-state index is 12.2. The monoisotopic (exact) mass is 291 g/mol. The number of oxime groups is 1. The molecule has 1 aliphatic carbocycles. The normalized spacial score (nSPS) is 22.0. The van der Waals surface area contributed by atoms with Gasteiger partial charge in [-0.25, -0.2) is 0 Å². The number of nitrogens with zero attached hydrogens (tertiary/aromatic N) is 1. The van der Waals surface area contributed by atoms with E-state index in [4.69, 9.17) is 15.7 Å². The molecule has 1 aromatic rings. The van der Waals surface area contributed by atoms with Crippen LogP contribution >= 0.6 is 0 Å². The number of carbonyl (C=O) groups is 1. The maximum atomic E-state index is 12.2. The molecule has 0 aliphatic heterocycles. The number of rotatable bonds is 5. The van der Waals surface area contributed by atoms with Crippen LogP contribution in [0.25, 0.3) is 0 Å². The zero-order valence-corrected chi connectivity index (χ0v) is 12.1. The van der Waals surface area contributed by atoms with Gasteiger partial charge in [0.15, 0.2) is 0 Å². The molecule has 0 bridgehead atoms. The van der Waals surface area contributed by atoms with Gasteiger partial charge in [0.1, 0.15) is 11.6 Å². The Hall–Kier alpha value is -2.24. The van der Waals surface area contributed by atoms with Crippen molar-refractivity contribution in [2.24, 2.45) is 16.8 Å². The Kier molecular flexibility index (Phi) is 5.03. The molecule has 2 unspecified atom stereocenters. The highest BCUT2D eigenvalue weighted by atomic mass is 16.5. The van der Waals surface area contributed by atoms with Crippen LogP contribution in [0.5, 0.6) is 5.75 Å². The molecule has 2 atom stereocenters. The molecule has 1 amide bonds. The Morgan fingerprint density at radius 3 is 2.76 bits per heavy atom. The lowest BCUT2D eigenvalue weighted by Gasteiger charge is -2.19. The van der Waals surface area contributed by atoms with Crippen LogP contribution in [-0.4, -0.2) is 29.6 Å². The molecular formula is C15H21N3O3. The van der Waals surface area contributed by atoms with E-state index < -0.39 is 0 Å². The van der Waals surface area contributed by atoms with E-state index in [9.17, 15) is 4.79 Å². The number of hydrogen-bond donors (Lipinski definition) is 3. The van der Waals surface area contributed by atoms with Crippen LogP contribution in [0.2, 0.25) is 0 Å². The summed E-state index contributed by atoms with van der Waals surface area (Å²) < 4.78 is 5.35. The van der Waals surface area contributed by atoms with Crippen molar-refractivity contribution in [2.75, 3.05) is 6.61 Å². The molecule has 6 heteroatoms. The van der Waals surface area contributed by atoms with Gasteiger partial charge < -0.3 is 21.0 Å². The SMILES string of the molecule is CCOc1ccc(C(=O)NC2CCCC2C(N)=NO)cc1. The average Bonchev–Trinajstić information content (AvgIpc) is 2.95. The van der Waals surface area contributed by atoms with Crippen LogP contribution in [0.3, 0.4) is 0 Å². The quantitative estimate of drug-likeness (QED) is 0.333. The number of amides is 1. The Morgan fingerprint density at radius 1 is 1.43 bits per heavy atom. The highest BCUT2D eigenvalue weighted by Gasteiger charge is 2.31. The molecule has 0 aromatic heterocycles. The third-order valence-electron chi connectivity index (χ3n) is 3.76. The van der Waals surface area contributed by atoms with Crippen LogP contribution in [0.4, 0.5) is 0 Å².